The number of amides is 1. The summed E-state index contributed by atoms with van der Waals surface area (Å²) in [6.07, 6.45) is 66.9. The van der Waals surface area contributed by atoms with Crippen LogP contribution >= 0.6 is 7.82 Å². The van der Waals surface area contributed by atoms with E-state index in [-0.39, 0.29) is 19.1 Å². The molecule has 0 saturated heterocycles. The van der Waals surface area contributed by atoms with Gasteiger partial charge < -0.3 is 19.8 Å². The van der Waals surface area contributed by atoms with Crippen LogP contribution < -0.4 is 5.32 Å². The van der Waals surface area contributed by atoms with E-state index < -0.39 is 20.0 Å². The predicted molar refractivity (Wildman–Crippen MR) is 300 cm³/mol. The van der Waals surface area contributed by atoms with Crippen molar-refractivity contribution in [3.63, 3.8) is 0 Å². The maximum atomic E-state index is 13.0. The molecule has 1 amide bonds. The van der Waals surface area contributed by atoms with Crippen LogP contribution in [0.15, 0.2) is 36.5 Å². The molecule has 0 radical (unpaired) electrons. The zero-order valence-electron chi connectivity index (χ0n) is 46.6. The van der Waals surface area contributed by atoms with Crippen LogP contribution in [0.1, 0.15) is 290 Å². The van der Waals surface area contributed by atoms with Gasteiger partial charge in [-0.1, -0.05) is 262 Å². The zero-order chi connectivity index (χ0) is 50.6. The van der Waals surface area contributed by atoms with Gasteiger partial charge in [0.2, 0.25) is 5.91 Å². The van der Waals surface area contributed by atoms with Crippen LogP contribution in [0, 0.1) is 0 Å². The summed E-state index contributed by atoms with van der Waals surface area (Å²) in [5.41, 5.74) is 0. The summed E-state index contributed by atoms with van der Waals surface area (Å²) in [6.45, 7) is 4.82. The molecule has 8 nitrogen and oxygen atoms in total. The van der Waals surface area contributed by atoms with Crippen LogP contribution in [0.3, 0.4) is 0 Å². The van der Waals surface area contributed by atoms with Gasteiger partial charge in [0.05, 0.1) is 39.9 Å². The molecule has 0 aromatic heterocycles. The first-order chi connectivity index (χ1) is 33.5. The lowest BCUT2D eigenvalue weighted by atomic mass is 10.0. The lowest BCUT2D eigenvalue weighted by molar-refractivity contribution is -0.870. The third kappa shape index (κ3) is 54.3. The number of carbonyl (C=O) groups is 1. The normalized spacial score (nSPS) is 14.1. The molecule has 0 rings (SSSR count). The van der Waals surface area contributed by atoms with E-state index in [9.17, 15) is 19.4 Å². The van der Waals surface area contributed by atoms with E-state index in [2.05, 4.69) is 43.5 Å². The molecular weight excluding hydrogens is 876 g/mol. The molecule has 0 fully saturated rings. The van der Waals surface area contributed by atoms with Crippen LogP contribution in [0.5, 0.6) is 0 Å². The van der Waals surface area contributed by atoms with Gasteiger partial charge in [-0.2, -0.15) is 0 Å². The van der Waals surface area contributed by atoms with Gasteiger partial charge in [0.25, 0.3) is 0 Å². The molecule has 69 heavy (non-hydrogen) atoms. The Bertz CT molecular complexity index is 1220. The van der Waals surface area contributed by atoms with Crippen molar-refractivity contribution in [1.82, 2.24) is 5.32 Å². The number of hydrogen-bond donors (Lipinski definition) is 3. The summed E-state index contributed by atoms with van der Waals surface area (Å²) < 4.78 is 23.7. The van der Waals surface area contributed by atoms with E-state index in [1.807, 2.05) is 27.2 Å². The molecule has 0 bridgehead atoms. The van der Waals surface area contributed by atoms with Gasteiger partial charge in [0.15, 0.2) is 0 Å². The van der Waals surface area contributed by atoms with Crippen LogP contribution in [0.25, 0.3) is 0 Å². The van der Waals surface area contributed by atoms with Crippen molar-refractivity contribution in [3.05, 3.63) is 36.5 Å². The molecule has 3 N–H and O–H groups in total. The quantitative estimate of drug-likeness (QED) is 0.0243. The number of rotatable bonds is 55. The Labute approximate surface area is 429 Å². The number of unbranched alkanes of at least 4 members (excludes halogenated alkanes) is 38. The molecule has 408 valence electrons. The Kier molecular flexibility index (Phi) is 50.7. The standard InChI is InChI=1S/C60H117N2O6P/c1-6-8-10-12-14-16-18-20-22-24-25-26-27-28-29-30-31-32-33-34-35-36-37-38-40-42-44-46-48-50-52-54-60(64)61-58(57-68-69(65,66)67-56-55-62(3,4)5)59(63)53-51-49-47-45-43-41-39-23-21-19-17-15-13-11-9-7-2/h28-29,43,45,51,53,58-59,63H,6-27,30-42,44,46-50,52,54-57H2,1-5H3,(H-,61,64,65,66)/p+1/b29-28-,45-43+,53-51+. The van der Waals surface area contributed by atoms with Crippen molar-refractivity contribution in [2.45, 2.75) is 302 Å². The Morgan fingerprint density at radius 1 is 0.478 bits per heavy atom. The molecular formula is C60H118N2O6P+. The van der Waals surface area contributed by atoms with Crippen molar-refractivity contribution in [2.24, 2.45) is 0 Å². The van der Waals surface area contributed by atoms with Gasteiger partial charge in [-0.3, -0.25) is 13.8 Å². The average molecular weight is 995 g/mol. The summed E-state index contributed by atoms with van der Waals surface area (Å²) in [4.78, 5) is 23.3. The monoisotopic (exact) mass is 994 g/mol. The van der Waals surface area contributed by atoms with Crippen LogP contribution in [-0.4, -0.2) is 73.4 Å². The molecule has 0 saturated carbocycles. The van der Waals surface area contributed by atoms with Crippen molar-refractivity contribution < 1.29 is 32.9 Å². The summed E-state index contributed by atoms with van der Waals surface area (Å²) in [5.74, 6) is -0.183. The van der Waals surface area contributed by atoms with E-state index in [0.29, 0.717) is 17.4 Å². The van der Waals surface area contributed by atoms with Gasteiger partial charge in [-0.15, -0.1) is 0 Å². The summed E-state index contributed by atoms with van der Waals surface area (Å²) in [5, 5.41) is 13.9. The Hall–Kier alpha value is -1.28. The fourth-order valence-electron chi connectivity index (χ4n) is 8.88. The van der Waals surface area contributed by atoms with E-state index >= 15 is 0 Å². The minimum atomic E-state index is -4.35. The molecule has 0 aliphatic carbocycles. The van der Waals surface area contributed by atoms with Gasteiger partial charge in [0, 0.05) is 6.42 Å². The highest BCUT2D eigenvalue weighted by molar-refractivity contribution is 7.47. The molecule has 0 aliphatic rings. The minimum Gasteiger partial charge on any atom is -0.387 e. The second-order valence-electron chi connectivity index (χ2n) is 21.7. The van der Waals surface area contributed by atoms with Crippen molar-refractivity contribution in [1.29, 1.82) is 0 Å². The topological polar surface area (TPSA) is 105 Å². The van der Waals surface area contributed by atoms with Gasteiger partial charge in [-0.25, -0.2) is 4.57 Å². The molecule has 0 aromatic rings. The number of nitrogens with one attached hydrogen (secondary N) is 1. The Morgan fingerprint density at radius 2 is 0.797 bits per heavy atom. The highest BCUT2D eigenvalue weighted by atomic mass is 31.2. The number of aliphatic hydroxyl groups is 1. The fraction of sp³-hybridized carbons (Fsp3) is 0.883. The SMILES string of the molecule is CCCCCCCCCCCC/C=C/CC/C=C/C(O)C(COP(=O)(O)OCC[N+](C)(C)C)NC(=O)CCCCCCCCCCCCCCCCC/C=C\CCCCCCCCCCCCCC. The number of nitrogens with zero attached hydrogens (tertiary/aromatic N) is 1. The first-order valence-electron chi connectivity index (χ1n) is 29.9. The second kappa shape index (κ2) is 51.6. The zero-order valence-corrected chi connectivity index (χ0v) is 47.5. The van der Waals surface area contributed by atoms with Gasteiger partial charge in [0.1, 0.15) is 13.2 Å². The summed E-state index contributed by atoms with van der Waals surface area (Å²) in [7, 11) is 1.56. The number of likely N-dealkylation sites (N-methyl/N-ethyl adjacent to an activating group) is 1. The number of allylic oxidation sites excluding steroid dienone is 5. The van der Waals surface area contributed by atoms with Crippen molar-refractivity contribution >= 4 is 13.7 Å². The van der Waals surface area contributed by atoms with E-state index in [4.69, 9.17) is 9.05 Å². The maximum absolute atomic E-state index is 13.0. The van der Waals surface area contributed by atoms with Crippen LogP contribution in [0.2, 0.25) is 0 Å². The number of phosphoric ester groups is 1. The number of aliphatic hydroxyl groups excluding tert-OH is 1. The molecule has 9 heteroatoms. The summed E-state index contributed by atoms with van der Waals surface area (Å²) in [6, 6.07) is -0.862. The lowest BCUT2D eigenvalue weighted by Crippen LogP contribution is -2.45. The largest absolute Gasteiger partial charge is 0.472 e. The van der Waals surface area contributed by atoms with E-state index in [0.717, 1.165) is 38.5 Å². The van der Waals surface area contributed by atoms with Crippen LogP contribution in [-0.2, 0) is 18.4 Å². The van der Waals surface area contributed by atoms with Crippen molar-refractivity contribution in [2.75, 3.05) is 40.9 Å². The fourth-order valence-corrected chi connectivity index (χ4v) is 9.61. The highest BCUT2D eigenvalue weighted by Crippen LogP contribution is 2.43. The smallest absolute Gasteiger partial charge is 0.387 e. The molecule has 0 aromatic carbocycles. The minimum absolute atomic E-state index is 0.0573. The second-order valence-corrected chi connectivity index (χ2v) is 23.2. The molecule has 0 aliphatic heterocycles. The van der Waals surface area contributed by atoms with E-state index in [1.165, 1.54) is 231 Å². The number of carbonyl (C=O) groups excluding carboxylic acids is 1. The van der Waals surface area contributed by atoms with Gasteiger partial charge in [-0.05, 0) is 57.8 Å². The predicted octanol–water partition coefficient (Wildman–Crippen LogP) is 18.2. The highest BCUT2D eigenvalue weighted by Gasteiger charge is 2.27. The lowest BCUT2D eigenvalue weighted by Gasteiger charge is -2.25. The number of phosphoric acid groups is 1. The summed E-state index contributed by atoms with van der Waals surface area (Å²) >= 11 is 0. The first-order valence-corrected chi connectivity index (χ1v) is 31.4. The number of quaternary nitrogens is 1. The van der Waals surface area contributed by atoms with Gasteiger partial charge >= 0.3 is 7.82 Å². The average Bonchev–Trinajstić information content (AvgIpc) is 3.31. The van der Waals surface area contributed by atoms with Crippen molar-refractivity contribution in [3.8, 4) is 0 Å². The molecule has 0 spiro atoms. The Morgan fingerprint density at radius 3 is 1.16 bits per heavy atom. The maximum Gasteiger partial charge on any atom is 0.472 e. The molecule has 3 unspecified atom stereocenters. The number of hydrogen-bond acceptors (Lipinski definition) is 5. The first kappa shape index (κ1) is 67.7. The van der Waals surface area contributed by atoms with E-state index in [1.54, 1.807) is 6.08 Å². The third-order valence-electron chi connectivity index (χ3n) is 13.6. The molecule has 3 atom stereocenters. The van der Waals surface area contributed by atoms with Crippen LogP contribution in [0.4, 0.5) is 0 Å². The molecule has 0 heterocycles. The third-order valence-corrected chi connectivity index (χ3v) is 14.6. The Balaban J connectivity index is 4.09.